The fourth-order valence-corrected chi connectivity index (χ4v) is 1.75. The van der Waals surface area contributed by atoms with Crippen LogP contribution in [-0.2, 0) is 7.05 Å². The number of aromatic nitrogens is 2. The van der Waals surface area contributed by atoms with Crippen LogP contribution in [0.1, 0.15) is 57.2 Å². The van der Waals surface area contributed by atoms with Crippen molar-refractivity contribution in [3.63, 3.8) is 0 Å². The van der Waals surface area contributed by atoms with Gasteiger partial charge in [0.2, 0.25) is 0 Å². The highest BCUT2D eigenvalue weighted by Crippen LogP contribution is 2.15. The molecule has 0 spiro atoms. The normalized spacial score (nSPS) is 13.0. The van der Waals surface area contributed by atoms with Crippen LogP contribution in [0.15, 0.2) is 12.3 Å². The Bertz CT molecular complexity index is 268. The van der Waals surface area contributed by atoms with Gasteiger partial charge in [0.1, 0.15) is 0 Å². The van der Waals surface area contributed by atoms with Crippen molar-refractivity contribution in [2.75, 3.05) is 0 Å². The third-order valence-corrected chi connectivity index (χ3v) is 2.73. The van der Waals surface area contributed by atoms with E-state index in [-0.39, 0.29) is 6.04 Å². The molecule has 0 saturated heterocycles. The number of hydrogen-bond donors (Lipinski definition) is 1. The number of nitrogens with two attached hydrogens (primary N) is 1. The molecule has 0 amide bonds. The quantitative estimate of drug-likeness (QED) is 0.702. The van der Waals surface area contributed by atoms with Gasteiger partial charge in [0.05, 0.1) is 5.69 Å². The number of rotatable bonds is 7. The molecule has 0 radical (unpaired) electrons. The first-order valence-electron chi connectivity index (χ1n) is 5.99. The molecule has 3 heteroatoms. The summed E-state index contributed by atoms with van der Waals surface area (Å²) in [6.07, 6.45) is 9.51. The first-order chi connectivity index (χ1) is 7.24. The van der Waals surface area contributed by atoms with Crippen LogP contribution in [0.5, 0.6) is 0 Å². The van der Waals surface area contributed by atoms with E-state index in [0.29, 0.717) is 0 Å². The van der Waals surface area contributed by atoms with Gasteiger partial charge in [-0.05, 0) is 12.5 Å². The van der Waals surface area contributed by atoms with Crippen molar-refractivity contribution in [1.82, 2.24) is 9.78 Å². The maximum atomic E-state index is 6.05. The number of unbranched alkanes of at least 4 members (excludes halogenated alkanes) is 4. The minimum atomic E-state index is 0.118. The minimum Gasteiger partial charge on any atom is -0.323 e. The SMILES string of the molecule is CCCCCCCC(N)c1ccn(C)n1. The molecule has 0 bridgehead atoms. The molecule has 15 heavy (non-hydrogen) atoms. The Kier molecular flexibility index (Phi) is 5.40. The Balaban J connectivity index is 2.16. The molecule has 1 unspecified atom stereocenters. The average Bonchev–Trinajstić information content (AvgIpc) is 2.64. The lowest BCUT2D eigenvalue weighted by atomic mass is 10.1. The maximum absolute atomic E-state index is 6.05. The van der Waals surface area contributed by atoms with Gasteiger partial charge in [-0.15, -0.1) is 0 Å². The zero-order valence-electron chi connectivity index (χ0n) is 9.95. The molecule has 1 heterocycles. The van der Waals surface area contributed by atoms with Crippen molar-refractivity contribution < 1.29 is 0 Å². The predicted octanol–water partition coefficient (Wildman–Crippen LogP) is 2.78. The topological polar surface area (TPSA) is 43.8 Å². The Labute approximate surface area is 92.7 Å². The second-order valence-electron chi connectivity index (χ2n) is 4.22. The Hall–Kier alpha value is -0.830. The van der Waals surface area contributed by atoms with Crippen LogP contribution in [0.3, 0.4) is 0 Å². The summed E-state index contributed by atoms with van der Waals surface area (Å²) < 4.78 is 1.81. The fourth-order valence-electron chi connectivity index (χ4n) is 1.75. The van der Waals surface area contributed by atoms with Gasteiger partial charge in [-0.3, -0.25) is 4.68 Å². The molecule has 3 nitrogen and oxygen atoms in total. The van der Waals surface area contributed by atoms with Gasteiger partial charge < -0.3 is 5.73 Å². The fraction of sp³-hybridized carbons (Fsp3) is 0.750. The predicted molar refractivity (Wildman–Crippen MR) is 63.5 cm³/mol. The molecule has 1 aromatic rings. The lowest BCUT2D eigenvalue weighted by Crippen LogP contribution is -2.11. The van der Waals surface area contributed by atoms with Crippen molar-refractivity contribution in [1.29, 1.82) is 0 Å². The number of nitrogens with zero attached hydrogens (tertiary/aromatic N) is 2. The van der Waals surface area contributed by atoms with Gasteiger partial charge in [-0.1, -0.05) is 39.0 Å². The molecule has 0 aliphatic heterocycles. The first-order valence-corrected chi connectivity index (χ1v) is 5.99. The molecular weight excluding hydrogens is 186 g/mol. The molecule has 1 aromatic heterocycles. The monoisotopic (exact) mass is 209 g/mol. The van der Waals surface area contributed by atoms with Crippen LogP contribution in [0, 0.1) is 0 Å². The first kappa shape index (κ1) is 12.2. The van der Waals surface area contributed by atoms with E-state index in [0.717, 1.165) is 12.1 Å². The van der Waals surface area contributed by atoms with Crippen LogP contribution in [0.2, 0.25) is 0 Å². The second-order valence-corrected chi connectivity index (χ2v) is 4.22. The van der Waals surface area contributed by atoms with E-state index < -0.39 is 0 Å². The van der Waals surface area contributed by atoms with Gasteiger partial charge in [0.15, 0.2) is 0 Å². The molecule has 0 aromatic carbocycles. The van der Waals surface area contributed by atoms with Crippen molar-refractivity contribution in [3.05, 3.63) is 18.0 Å². The lowest BCUT2D eigenvalue weighted by molar-refractivity contribution is 0.542. The summed E-state index contributed by atoms with van der Waals surface area (Å²) >= 11 is 0. The molecule has 0 aliphatic carbocycles. The van der Waals surface area contributed by atoms with E-state index >= 15 is 0 Å². The van der Waals surface area contributed by atoms with Crippen LogP contribution >= 0.6 is 0 Å². The van der Waals surface area contributed by atoms with Crippen molar-refractivity contribution in [2.45, 2.75) is 51.5 Å². The summed E-state index contributed by atoms with van der Waals surface area (Å²) in [4.78, 5) is 0. The van der Waals surface area contributed by atoms with Crippen LogP contribution < -0.4 is 5.73 Å². The summed E-state index contributed by atoms with van der Waals surface area (Å²) in [6.45, 7) is 2.24. The molecule has 86 valence electrons. The van der Waals surface area contributed by atoms with E-state index in [2.05, 4.69) is 12.0 Å². The van der Waals surface area contributed by atoms with E-state index in [4.69, 9.17) is 5.73 Å². The smallest absolute Gasteiger partial charge is 0.0791 e. The number of hydrogen-bond acceptors (Lipinski definition) is 2. The zero-order valence-corrected chi connectivity index (χ0v) is 9.95. The third kappa shape index (κ3) is 4.47. The Morgan fingerprint density at radius 1 is 1.33 bits per heavy atom. The van der Waals surface area contributed by atoms with Gasteiger partial charge in [-0.25, -0.2) is 0 Å². The molecule has 1 atom stereocenters. The van der Waals surface area contributed by atoms with Gasteiger partial charge >= 0.3 is 0 Å². The standard InChI is InChI=1S/C12H23N3/c1-3-4-5-6-7-8-11(13)12-9-10-15(2)14-12/h9-11H,3-8,13H2,1-2H3. The highest BCUT2D eigenvalue weighted by atomic mass is 15.3. The molecular formula is C12H23N3. The van der Waals surface area contributed by atoms with Crippen molar-refractivity contribution in [2.24, 2.45) is 12.8 Å². The summed E-state index contributed by atoms with van der Waals surface area (Å²) in [7, 11) is 1.93. The summed E-state index contributed by atoms with van der Waals surface area (Å²) in [5.74, 6) is 0. The van der Waals surface area contributed by atoms with Crippen LogP contribution in [-0.4, -0.2) is 9.78 Å². The van der Waals surface area contributed by atoms with E-state index in [1.807, 2.05) is 24.0 Å². The molecule has 1 rings (SSSR count). The molecule has 0 fully saturated rings. The third-order valence-electron chi connectivity index (χ3n) is 2.73. The maximum Gasteiger partial charge on any atom is 0.0791 e. The Morgan fingerprint density at radius 2 is 2.07 bits per heavy atom. The summed E-state index contributed by atoms with van der Waals surface area (Å²) in [6, 6.07) is 2.13. The highest BCUT2D eigenvalue weighted by molar-refractivity contribution is 5.04. The van der Waals surface area contributed by atoms with Crippen molar-refractivity contribution in [3.8, 4) is 0 Å². The highest BCUT2D eigenvalue weighted by Gasteiger charge is 2.07. The van der Waals surface area contributed by atoms with E-state index in [1.54, 1.807) is 0 Å². The van der Waals surface area contributed by atoms with Crippen LogP contribution in [0.4, 0.5) is 0 Å². The Morgan fingerprint density at radius 3 is 2.67 bits per heavy atom. The molecule has 2 N–H and O–H groups in total. The average molecular weight is 209 g/mol. The van der Waals surface area contributed by atoms with Crippen LogP contribution in [0.25, 0.3) is 0 Å². The molecule has 0 aliphatic rings. The van der Waals surface area contributed by atoms with Crippen molar-refractivity contribution >= 4 is 0 Å². The largest absolute Gasteiger partial charge is 0.323 e. The minimum absolute atomic E-state index is 0.118. The van der Waals surface area contributed by atoms with Gasteiger partial charge in [0, 0.05) is 19.3 Å². The lowest BCUT2D eigenvalue weighted by Gasteiger charge is -2.07. The molecule has 0 saturated carbocycles. The van der Waals surface area contributed by atoms with E-state index in [9.17, 15) is 0 Å². The van der Waals surface area contributed by atoms with E-state index in [1.165, 1.54) is 32.1 Å². The zero-order chi connectivity index (χ0) is 11.1. The number of aryl methyl sites for hydroxylation is 1. The second kappa shape index (κ2) is 6.62. The summed E-state index contributed by atoms with van der Waals surface area (Å²) in [5, 5.41) is 4.32. The van der Waals surface area contributed by atoms with Gasteiger partial charge in [-0.2, -0.15) is 5.10 Å². The summed E-state index contributed by atoms with van der Waals surface area (Å²) in [5.41, 5.74) is 7.07. The van der Waals surface area contributed by atoms with Gasteiger partial charge in [0.25, 0.3) is 0 Å².